The van der Waals surface area contributed by atoms with Gasteiger partial charge in [0.05, 0.1) is 18.4 Å². The predicted molar refractivity (Wildman–Crippen MR) is 92.4 cm³/mol. The number of hydrogen-bond donors (Lipinski definition) is 1. The van der Waals surface area contributed by atoms with Crippen LogP contribution in [0.3, 0.4) is 0 Å². The van der Waals surface area contributed by atoms with Crippen LogP contribution >= 0.6 is 11.3 Å². The number of hydrogen-bond acceptors (Lipinski definition) is 7. The van der Waals surface area contributed by atoms with E-state index < -0.39 is 5.60 Å². The van der Waals surface area contributed by atoms with Crippen LogP contribution in [0.15, 0.2) is 18.6 Å². The summed E-state index contributed by atoms with van der Waals surface area (Å²) < 4.78 is 5.41. The monoisotopic (exact) mass is 361 g/mol. The van der Waals surface area contributed by atoms with Gasteiger partial charge in [0.15, 0.2) is 5.13 Å². The smallest absolute Gasteiger partial charge is 0.410 e. The number of aromatic nitrogens is 3. The Morgan fingerprint density at radius 2 is 2.12 bits per heavy atom. The van der Waals surface area contributed by atoms with Gasteiger partial charge in [0, 0.05) is 30.2 Å². The molecule has 2 aromatic heterocycles. The molecule has 1 aliphatic rings. The first-order chi connectivity index (χ1) is 11.8. The van der Waals surface area contributed by atoms with E-state index in [-0.39, 0.29) is 17.7 Å². The molecular weight excluding hydrogens is 342 g/mol. The van der Waals surface area contributed by atoms with Gasteiger partial charge >= 0.3 is 6.09 Å². The molecule has 8 nitrogen and oxygen atoms in total. The van der Waals surface area contributed by atoms with Crippen molar-refractivity contribution in [2.24, 2.45) is 0 Å². The standard InChI is InChI=1S/C16H19N5O3S/c1-16(2,3)24-15(23)21-7-4-10-12(9-21)25-14(19-10)20-13(22)11-8-17-5-6-18-11/h5-6,8H,4,7,9H2,1-3H3,(H,19,20,22). The van der Waals surface area contributed by atoms with E-state index in [1.54, 1.807) is 4.90 Å². The van der Waals surface area contributed by atoms with Crippen molar-refractivity contribution in [2.75, 3.05) is 11.9 Å². The van der Waals surface area contributed by atoms with Gasteiger partial charge in [0.2, 0.25) is 0 Å². The molecule has 132 valence electrons. The normalized spacial score (nSPS) is 14.0. The van der Waals surface area contributed by atoms with Gasteiger partial charge in [0.1, 0.15) is 11.3 Å². The molecule has 2 amide bonds. The van der Waals surface area contributed by atoms with E-state index in [1.165, 1.54) is 29.9 Å². The van der Waals surface area contributed by atoms with Crippen LogP contribution in [0.4, 0.5) is 9.93 Å². The Morgan fingerprint density at radius 3 is 2.80 bits per heavy atom. The van der Waals surface area contributed by atoms with Crippen LogP contribution in [0, 0.1) is 0 Å². The van der Waals surface area contributed by atoms with Crippen molar-refractivity contribution in [2.45, 2.75) is 39.3 Å². The zero-order valence-electron chi connectivity index (χ0n) is 14.3. The third kappa shape index (κ3) is 4.30. The van der Waals surface area contributed by atoms with E-state index in [1.807, 2.05) is 20.8 Å². The van der Waals surface area contributed by atoms with Gasteiger partial charge in [-0.3, -0.25) is 15.1 Å². The lowest BCUT2D eigenvalue weighted by Crippen LogP contribution is -2.39. The van der Waals surface area contributed by atoms with Gasteiger partial charge in [0.25, 0.3) is 5.91 Å². The van der Waals surface area contributed by atoms with Crippen LogP contribution in [0.5, 0.6) is 0 Å². The fraction of sp³-hybridized carbons (Fsp3) is 0.438. The summed E-state index contributed by atoms with van der Waals surface area (Å²) in [7, 11) is 0. The van der Waals surface area contributed by atoms with Crippen molar-refractivity contribution in [3.05, 3.63) is 34.9 Å². The summed E-state index contributed by atoms with van der Waals surface area (Å²) in [5.41, 5.74) is 0.603. The molecule has 0 saturated carbocycles. The highest BCUT2D eigenvalue weighted by molar-refractivity contribution is 7.15. The maximum atomic E-state index is 12.2. The number of nitrogens with one attached hydrogen (secondary N) is 1. The van der Waals surface area contributed by atoms with Gasteiger partial charge in [-0.05, 0) is 20.8 Å². The highest BCUT2D eigenvalue weighted by Gasteiger charge is 2.28. The van der Waals surface area contributed by atoms with Gasteiger partial charge in [-0.25, -0.2) is 14.8 Å². The molecule has 3 rings (SSSR count). The molecule has 0 aliphatic carbocycles. The molecule has 0 atom stereocenters. The fourth-order valence-electron chi connectivity index (χ4n) is 2.31. The number of ether oxygens (including phenoxy) is 1. The highest BCUT2D eigenvalue weighted by Crippen LogP contribution is 2.29. The van der Waals surface area contributed by atoms with E-state index in [0.717, 1.165) is 10.6 Å². The number of nitrogens with zero attached hydrogens (tertiary/aromatic N) is 4. The molecule has 0 spiro atoms. The van der Waals surface area contributed by atoms with Gasteiger partial charge in [-0.15, -0.1) is 0 Å². The molecule has 0 unspecified atom stereocenters. The maximum Gasteiger partial charge on any atom is 0.410 e. The van der Waals surface area contributed by atoms with Crippen LogP contribution in [0.1, 0.15) is 41.8 Å². The molecular formula is C16H19N5O3S. The minimum absolute atomic E-state index is 0.228. The Bertz CT molecular complexity index is 785. The number of thiazole rings is 1. The van der Waals surface area contributed by atoms with Crippen molar-refractivity contribution in [1.29, 1.82) is 0 Å². The topological polar surface area (TPSA) is 97.3 Å². The summed E-state index contributed by atoms with van der Waals surface area (Å²) in [6.07, 6.45) is 4.65. The summed E-state index contributed by atoms with van der Waals surface area (Å²) in [5.74, 6) is -0.358. The van der Waals surface area contributed by atoms with Crippen LogP contribution in [-0.4, -0.2) is 44.0 Å². The minimum atomic E-state index is -0.527. The van der Waals surface area contributed by atoms with E-state index in [9.17, 15) is 9.59 Å². The van der Waals surface area contributed by atoms with Crippen molar-refractivity contribution in [1.82, 2.24) is 19.9 Å². The number of carbonyl (C=O) groups excluding carboxylic acids is 2. The average Bonchev–Trinajstić information content (AvgIpc) is 2.95. The third-order valence-corrected chi connectivity index (χ3v) is 4.40. The lowest BCUT2D eigenvalue weighted by molar-refractivity contribution is 0.0225. The minimum Gasteiger partial charge on any atom is -0.444 e. The van der Waals surface area contributed by atoms with E-state index in [2.05, 4.69) is 20.3 Å². The summed E-state index contributed by atoms with van der Waals surface area (Å²) in [4.78, 5) is 39.2. The lowest BCUT2D eigenvalue weighted by Gasteiger charge is -2.29. The van der Waals surface area contributed by atoms with Crippen LogP contribution in [-0.2, 0) is 17.7 Å². The second-order valence-corrected chi connectivity index (χ2v) is 7.67. The molecule has 0 aromatic carbocycles. The van der Waals surface area contributed by atoms with E-state index in [0.29, 0.717) is 24.6 Å². The zero-order valence-corrected chi connectivity index (χ0v) is 15.1. The Balaban J connectivity index is 1.67. The molecule has 0 radical (unpaired) electrons. The molecule has 2 aromatic rings. The van der Waals surface area contributed by atoms with E-state index in [4.69, 9.17) is 4.74 Å². The highest BCUT2D eigenvalue weighted by atomic mass is 32.1. The fourth-order valence-corrected chi connectivity index (χ4v) is 3.33. The second-order valence-electron chi connectivity index (χ2n) is 6.59. The molecule has 9 heteroatoms. The molecule has 1 N–H and O–H groups in total. The summed E-state index contributed by atoms with van der Waals surface area (Å²) in [6, 6.07) is 0. The second kappa shape index (κ2) is 6.75. The Labute approximate surface area is 149 Å². The number of fused-ring (bicyclic) bond motifs is 1. The quantitative estimate of drug-likeness (QED) is 0.882. The molecule has 1 aliphatic heterocycles. The van der Waals surface area contributed by atoms with Gasteiger partial charge in [-0.2, -0.15) is 0 Å². The summed E-state index contributed by atoms with van der Waals surface area (Å²) in [5, 5.41) is 3.22. The van der Waals surface area contributed by atoms with E-state index >= 15 is 0 Å². The van der Waals surface area contributed by atoms with Gasteiger partial charge < -0.3 is 9.64 Å². The molecule has 25 heavy (non-hydrogen) atoms. The maximum absolute atomic E-state index is 12.2. The number of carbonyl (C=O) groups is 2. The van der Waals surface area contributed by atoms with Crippen molar-refractivity contribution >= 4 is 28.5 Å². The SMILES string of the molecule is CC(C)(C)OC(=O)N1CCc2nc(NC(=O)c3cnccn3)sc2C1. The summed E-state index contributed by atoms with van der Waals surface area (Å²) >= 11 is 1.36. The van der Waals surface area contributed by atoms with Gasteiger partial charge in [-0.1, -0.05) is 11.3 Å². The van der Waals surface area contributed by atoms with Crippen molar-refractivity contribution in [3.63, 3.8) is 0 Å². The third-order valence-electron chi connectivity index (χ3n) is 3.40. The predicted octanol–water partition coefficient (Wildman–Crippen LogP) is 2.48. The zero-order chi connectivity index (χ0) is 18.0. The first kappa shape index (κ1) is 17.3. The number of amides is 2. The molecule has 0 bridgehead atoms. The summed E-state index contributed by atoms with van der Waals surface area (Å²) in [6.45, 7) is 6.50. The molecule has 3 heterocycles. The first-order valence-corrected chi connectivity index (χ1v) is 8.67. The van der Waals surface area contributed by atoms with Crippen LogP contribution < -0.4 is 5.32 Å². The molecule has 0 fully saturated rings. The van der Waals surface area contributed by atoms with Crippen LogP contribution in [0.25, 0.3) is 0 Å². The Kier molecular flexibility index (Phi) is 4.67. The number of rotatable bonds is 2. The largest absolute Gasteiger partial charge is 0.444 e. The van der Waals surface area contributed by atoms with Crippen LogP contribution in [0.2, 0.25) is 0 Å². The lowest BCUT2D eigenvalue weighted by atomic mass is 10.2. The Morgan fingerprint density at radius 1 is 1.32 bits per heavy atom. The molecule has 0 saturated heterocycles. The van der Waals surface area contributed by atoms with Crippen molar-refractivity contribution in [3.8, 4) is 0 Å². The van der Waals surface area contributed by atoms with Crippen molar-refractivity contribution < 1.29 is 14.3 Å². The Hall–Kier alpha value is -2.55. The average molecular weight is 361 g/mol. The first-order valence-electron chi connectivity index (χ1n) is 7.86. The number of anilines is 1.